The van der Waals surface area contributed by atoms with Crippen molar-refractivity contribution in [1.82, 2.24) is 29.6 Å². The van der Waals surface area contributed by atoms with Crippen molar-refractivity contribution in [2.24, 2.45) is 0 Å². The second kappa shape index (κ2) is 8.45. The van der Waals surface area contributed by atoms with Gasteiger partial charge in [-0.2, -0.15) is 5.26 Å². The first kappa shape index (κ1) is 20.8. The molecule has 0 N–H and O–H groups in total. The predicted molar refractivity (Wildman–Crippen MR) is 117 cm³/mol. The molecule has 1 aromatic carbocycles. The Morgan fingerprint density at radius 2 is 1.91 bits per heavy atom. The summed E-state index contributed by atoms with van der Waals surface area (Å²) in [7, 11) is 0. The molecule has 2 aromatic heterocycles. The van der Waals surface area contributed by atoms with Crippen LogP contribution in [0.1, 0.15) is 42.9 Å². The third kappa shape index (κ3) is 3.80. The van der Waals surface area contributed by atoms with Crippen molar-refractivity contribution in [3.8, 4) is 11.8 Å². The molecule has 1 unspecified atom stereocenters. The number of aromatic nitrogens is 5. The van der Waals surface area contributed by atoms with Gasteiger partial charge in [0.15, 0.2) is 11.6 Å². The first-order valence-corrected chi connectivity index (χ1v) is 11.0. The van der Waals surface area contributed by atoms with Gasteiger partial charge in [-0.15, -0.1) is 10.2 Å². The molecule has 0 saturated carbocycles. The fourth-order valence-corrected chi connectivity index (χ4v) is 4.67. The molecule has 164 valence electrons. The van der Waals surface area contributed by atoms with Gasteiger partial charge in [-0.1, -0.05) is 11.6 Å². The van der Waals surface area contributed by atoms with E-state index in [0.717, 1.165) is 48.8 Å². The zero-order chi connectivity index (χ0) is 22.2. The monoisotopic (exact) mass is 452 g/mol. The quantitative estimate of drug-likeness (QED) is 0.601. The van der Waals surface area contributed by atoms with Gasteiger partial charge in [0.05, 0.1) is 36.7 Å². The largest absolute Gasteiger partial charge is 0.341 e. The molecule has 0 spiro atoms. The zero-order valence-corrected chi connectivity index (χ0v) is 18.4. The lowest BCUT2D eigenvalue weighted by atomic mass is 9.95. The van der Waals surface area contributed by atoms with Crippen LogP contribution in [0.15, 0.2) is 30.6 Å². The van der Waals surface area contributed by atoms with Crippen LogP contribution in [-0.4, -0.2) is 48.8 Å². The maximum absolute atomic E-state index is 13.2. The summed E-state index contributed by atoms with van der Waals surface area (Å²) >= 11 is 6.30. The lowest BCUT2D eigenvalue weighted by Crippen LogP contribution is -2.35. The first-order valence-electron chi connectivity index (χ1n) is 10.6. The van der Waals surface area contributed by atoms with Crippen LogP contribution in [-0.2, 0) is 13.1 Å². The number of rotatable bonds is 3. The number of benzene rings is 1. The summed E-state index contributed by atoms with van der Waals surface area (Å²) in [5, 5.41) is 19.2. The van der Waals surface area contributed by atoms with E-state index in [9.17, 15) is 9.65 Å². The number of fused-ring (bicyclic) bond motifs is 3. The lowest BCUT2D eigenvalue weighted by Gasteiger charge is -2.31. The van der Waals surface area contributed by atoms with Crippen LogP contribution in [0.4, 0.5) is 10.3 Å². The molecule has 2 aliphatic rings. The minimum Gasteiger partial charge on any atom is -0.341 e. The Morgan fingerprint density at radius 3 is 2.62 bits per heavy atom. The lowest BCUT2D eigenvalue weighted by molar-refractivity contribution is 0.225. The Labute approximate surface area is 190 Å². The van der Waals surface area contributed by atoms with E-state index in [0.29, 0.717) is 24.1 Å². The number of halogens is 2. The number of anilines is 1. The summed E-state index contributed by atoms with van der Waals surface area (Å²) in [6.07, 6.45) is 4.12. The van der Waals surface area contributed by atoms with E-state index < -0.39 is 5.82 Å². The fraction of sp³-hybridized carbons (Fsp3) is 0.409. The van der Waals surface area contributed by atoms with E-state index >= 15 is 0 Å². The summed E-state index contributed by atoms with van der Waals surface area (Å²) in [6, 6.07) is 7.92. The van der Waals surface area contributed by atoms with Crippen LogP contribution in [0.5, 0.6) is 0 Å². The van der Waals surface area contributed by atoms with E-state index in [2.05, 4.69) is 40.6 Å². The Kier molecular flexibility index (Phi) is 5.49. The highest BCUT2D eigenvalue weighted by molar-refractivity contribution is 6.30. The second-order valence-electron chi connectivity index (χ2n) is 8.26. The van der Waals surface area contributed by atoms with Gasteiger partial charge >= 0.3 is 0 Å². The molecule has 5 rings (SSSR count). The molecule has 2 aliphatic heterocycles. The van der Waals surface area contributed by atoms with Gasteiger partial charge in [-0.3, -0.25) is 9.47 Å². The van der Waals surface area contributed by atoms with Crippen LogP contribution >= 0.6 is 11.6 Å². The van der Waals surface area contributed by atoms with Crippen LogP contribution in [0.25, 0.3) is 5.69 Å². The van der Waals surface area contributed by atoms with Gasteiger partial charge in [-0.25, -0.2) is 14.4 Å². The van der Waals surface area contributed by atoms with Crippen molar-refractivity contribution in [3.05, 3.63) is 58.6 Å². The summed E-state index contributed by atoms with van der Waals surface area (Å²) in [5.74, 6) is 2.08. The number of hydrogen-bond acceptors (Lipinski definition) is 7. The molecule has 0 amide bonds. The minimum absolute atomic E-state index is 0.219. The third-order valence-corrected chi connectivity index (χ3v) is 6.47. The average molecular weight is 453 g/mol. The highest BCUT2D eigenvalue weighted by Gasteiger charge is 2.31. The molecular formula is C22H22ClFN8. The van der Waals surface area contributed by atoms with E-state index in [1.165, 1.54) is 12.4 Å². The van der Waals surface area contributed by atoms with Gasteiger partial charge in [-0.05, 0) is 43.5 Å². The molecular weight excluding hydrogens is 431 g/mol. The van der Waals surface area contributed by atoms with Gasteiger partial charge in [0, 0.05) is 30.6 Å². The van der Waals surface area contributed by atoms with Gasteiger partial charge in [0.25, 0.3) is 0 Å². The van der Waals surface area contributed by atoms with Crippen LogP contribution in [0.3, 0.4) is 0 Å². The van der Waals surface area contributed by atoms with E-state index in [-0.39, 0.29) is 12.0 Å². The Balaban J connectivity index is 1.45. The highest BCUT2D eigenvalue weighted by Crippen LogP contribution is 2.34. The number of nitrogens with zero attached hydrogens (tertiary/aromatic N) is 8. The number of nitriles is 1. The Morgan fingerprint density at radius 1 is 1.16 bits per heavy atom. The van der Waals surface area contributed by atoms with E-state index in [4.69, 9.17) is 11.6 Å². The standard InChI is InChI=1S/C22H22ClFN8/c1-14(9-25)31-12-16-8-17(23)2-3-19(16)32-20(13-31)28-29-21(32)15-4-6-30(7-5-15)22-26-10-18(24)11-27-22/h2-3,8,10-11,14-15H,4-7,12-13H2,1H3. The van der Waals surface area contributed by atoms with Gasteiger partial charge in [0.1, 0.15) is 5.82 Å². The normalized spacial score (nSPS) is 17.9. The molecule has 1 atom stereocenters. The molecule has 4 heterocycles. The van der Waals surface area contributed by atoms with Crippen molar-refractivity contribution >= 4 is 17.5 Å². The smallest absolute Gasteiger partial charge is 0.225 e. The first-order chi connectivity index (χ1) is 15.5. The highest BCUT2D eigenvalue weighted by atomic mass is 35.5. The molecule has 0 bridgehead atoms. The Hall–Kier alpha value is -3.09. The molecule has 0 aliphatic carbocycles. The SMILES string of the molecule is CC(C#N)N1Cc2cc(Cl)ccc2-n2c(nnc2C2CCN(c3ncc(F)cn3)CC2)C1. The van der Waals surface area contributed by atoms with E-state index in [1.54, 1.807) is 0 Å². The molecule has 10 heteroatoms. The van der Waals surface area contributed by atoms with Crippen molar-refractivity contribution in [2.45, 2.75) is 44.8 Å². The summed E-state index contributed by atoms with van der Waals surface area (Å²) < 4.78 is 15.3. The predicted octanol–water partition coefficient (Wildman–Crippen LogP) is 3.46. The van der Waals surface area contributed by atoms with Crippen molar-refractivity contribution in [1.29, 1.82) is 5.26 Å². The minimum atomic E-state index is -0.437. The number of piperidine rings is 1. The van der Waals surface area contributed by atoms with Crippen LogP contribution in [0, 0.1) is 17.1 Å². The van der Waals surface area contributed by atoms with Crippen LogP contribution < -0.4 is 4.90 Å². The van der Waals surface area contributed by atoms with Gasteiger partial charge in [0.2, 0.25) is 5.95 Å². The van der Waals surface area contributed by atoms with Crippen molar-refractivity contribution in [3.63, 3.8) is 0 Å². The summed E-state index contributed by atoms with van der Waals surface area (Å²) in [4.78, 5) is 12.4. The second-order valence-corrected chi connectivity index (χ2v) is 8.69. The molecule has 3 aromatic rings. The molecule has 0 radical (unpaired) electrons. The summed E-state index contributed by atoms with van der Waals surface area (Å²) in [6.45, 7) is 4.56. The molecule has 32 heavy (non-hydrogen) atoms. The van der Waals surface area contributed by atoms with Crippen molar-refractivity contribution in [2.75, 3.05) is 18.0 Å². The van der Waals surface area contributed by atoms with E-state index in [1.807, 2.05) is 25.1 Å². The maximum atomic E-state index is 13.2. The Bertz CT molecular complexity index is 1160. The number of hydrogen-bond donors (Lipinski definition) is 0. The molecule has 1 saturated heterocycles. The zero-order valence-electron chi connectivity index (χ0n) is 17.6. The third-order valence-electron chi connectivity index (χ3n) is 6.24. The molecule has 1 fully saturated rings. The maximum Gasteiger partial charge on any atom is 0.225 e. The summed E-state index contributed by atoms with van der Waals surface area (Å²) in [5.41, 5.74) is 2.07. The van der Waals surface area contributed by atoms with Crippen molar-refractivity contribution < 1.29 is 4.39 Å². The fourth-order valence-electron chi connectivity index (χ4n) is 4.48. The average Bonchev–Trinajstić information content (AvgIpc) is 3.15. The van der Waals surface area contributed by atoms with Gasteiger partial charge < -0.3 is 4.90 Å². The van der Waals surface area contributed by atoms with Crippen LogP contribution in [0.2, 0.25) is 5.02 Å². The molecule has 8 nitrogen and oxygen atoms in total. The topological polar surface area (TPSA) is 86.8 Å².